The van der Waals surface area contributed by atoms with Gasteiger partial charge in [0.25, 0.3) is 0 Å². The molecule has 4 saturated carbocycles. The van der Waals surface area contributed by atoms with Crippen LogP contribution in [0.2, 0.25) is 0 Å². The van der Waals surface area contributed by atoms with Crippen molar-refractivity contribution in [1.82, 2.24) is 0 Å². The molecule has 0 atom stereocenters. The SMILES string of the molecule is CC1(C)CCC(C)(C)c2c(N(c3ccc4c(c3)C3(c5ccc(-c6ccccc6)cc5S4)C4CC5CC(C4)CC3C5)c3cccc4c3C(C)(C)CCC4(C)C)cccc21. The number of rotatable bonds is 4. The average Bonchev–Trinajstić information content (AvgIpc) is 3.20. The second-order valence-corrected chi connectivity index (χ2v) is 23.4. The molecular weight excluding hydrogens is 719 g/mol. The van der Waals surface area contributed by atoms with Gasteiger partial charge in [-0.15, -0.1) is 0 Å². The van der Waals surface area contributed by atoms with E-state index in [-0.39, 0.29) is 27.1 Å². The molecule has 298 valence electrons. The summed E-state index contributed by atoms with van der Waals surface area (Å²) in [7, 11) is 0. The zero-order valence-corrected chi connectivity index (χ0v) is 37.2. The first-order valence-corrected chi connectivity index (χ1v) is 23.6. The van der Waals surface area contributed by atoms with E-state index in [0.717, 1.165) is 11.8 Å². The second-order valence-electron chi connectivity index (χ2n) is 22.3. The van der Waals surface area contributed by atoms with Crippen molar-refractivity contribution in [3.63, 3.8) is 0 Å². The van der Waals surface area contributed by atoms with Gasteiger partial charge in [0, 0.05) is 20.9 Å². The molecule has 1 heterocycles. The summed E-state index contributed by atoms with van der Waals surface area (Å²) in [5, 5.41) is 0. The molecule has 6 aliphatic carbocycles. The molecule has 0 radical (unpaired) electrons. The molecule has 1 nitrogen and oxygen atoms in total. The summed E-state index contributed by atoms with van der Waals surface area (Å²) < 4.78 is 0. The van der Waals surface area contributed by atoms with Gasteiger partial charge in [-0.3, -0.25) is 0 Å². The quantitative estimate of drug-likeness (QED) is 0.179. The monoisotopic (exact) mass is 781 g/mol. The molecule has 2 heteroatoms. The van der Waals surface area contributed by atoms with Crippen LogP contribution in [0.4, 0.5) is 17.1 Å². The molecular formula is C56H63NS. The van der Waals surface area contributed by atoms with Crippen molar-refractivity contribution >= 4 is 28.8 Å². The van der Waals surface area contributed by atoms with E-state index in [2.05, 4.69) is 163 Å². The van der Waals surface area contributed by atoms with Crippen LogP contribution in [0.25, 0.3) is 11.1 Å². The molecule has 0 aromatic heterocycles. The van der Waals surface area contributed by atoms with Gasteiger partial charge < -0.3 is 4.90 Å². The van der Waals surface area contributed by atoms with Gasteiger partial charge >= 0.3 is 0 Å². The van der Waals surface area contributed by atoms with Crippen molar-refractivity contribution in [2.24, 2.45) is 23.7 Å². The van der Waals surface area contributed by atoms with Crippen LogP contribution in [0.1, 0.15) is 147 Å². The minimum absolute atomic E-state index is 0.0506. The number of anilines is 3. The number of hydrogen-bond donors (Lipinski definition) is 0. The van der Waals surface area contributed by atoms with E-state index in [1.165, 1.54) is 107 Å². The van der Waals surface area contributed by atoms with Crippen LogP contribution in [0.15, 0.2) is 113 Å². The highest BCUT2D eigenvalue weighted by Crippen LogP contribution is 2.69. The Bertz CT molecular complexity index is 2350. The summed E-state index contributed by atoms with van der Waals surface area (Å²) in [4.78, 5) is 5.77. The highest BCUT2D eigenvalue weighted by atomic mass is 32.2. The van der Waals surface area contributed by atoms with Crippen LogP contribution in [-0.4, -0.2) is 0 Å². The zero-order valence-electron chi connectivity index (χ0n) is 36.3. The van der Waals surface area contributed by atoms with Crippen LogP contribution < -0.4 is 4.90 Å². The highest BCUT2D eigenvalue weighted by Gasteiger charge is 2.61. The molecule has 0 unspecified atom stereocenters. The van der Waals surface area contributed by atoms with Gasteiger partial charge in [0.15, 0.2) is 0 Å². The van der Waals surface area contributed by atoms with E-state index in [1.807, 2.05) is 11.8 Å². The third-order valence-corrected chi connectivity index (χ3v) is 18.1. The summed E-state index contributed by atoms with van der Waals surface area (Å²) in [5.41, 5.74) is 16.6. The normalized spacial score (nSPS) is 28.6. The Kier molecular flexibility index (Phi) is 8.12. The van der Waals surface area contributed by atoms with Gasteiger partial charge in [-0.1, -0.05) is 134 Å². The van der Waals surface area contributed by atoms with Crippen molar-refractivity contribution in [2.45, 2.75) is 150 Å². The van der Waals surface area contributed by atoms with Crippen molar-refractivity contribution in [3.05, 3.63) is 137 Å². The molecule has 4 fully saturated rings. The number of benzene rings is 5. The lowest BCUT2D eigenvalue weighted by molar-refractivity contribution is -0.0443. The van der Waals surface area contributed by atoms with Crippen LogP contribution in [0.5, 0.6) is 0 Å². The first-order chi connectivity index (χ1) is 27.7. The Labute approximate surface area is 353 Å². The molecule has 0 N–H and O–H groups in total. The maximum absolute atomic E-state index is 2.78. The van der Waals surface area contributed by atoms with E-state index < -0.39 is 0 Å². The molecule has 1 aliphatic heterocycles. The van der Waals surface area contributed by atoms with Crippen molar-refractivity contribution in [1.29, 1.82) is 0 Å². The predicted molar refractivity (Wildman–Crippen MR) is 246 cm³/mol. The zero-order chi connectivity index (χ0) is 40.0. The van der Waals surface area contributed by atoms with Crippen LogP contribution in [0, 0.1) is 23.7 Å². The molecule has 7 aliphatic rings. The van der Waals surface area contributed by atoms with E-state index in [0.29, 0.717) is 11.8 Å². The fourth-order valence-corrected chi connectivity index (χ4v) is 15.3. The molecule has 0 saturated heterocycles. The molecule has 1 spiro atoms. The number of nitrogens with zero attached hydrogens (tertiary/aromatic N) is 1. The van der Waals surface area contributed by atoms with Gasteiger partial charge in [0.1, 0.15) is 0 Å². The van der Waals surface area contributed by atoms with Crippen molar-refractivity contribution < 1.29 is 0 Å². The third-order valence-electron chi connectivity index (χ3n) is 17.0. The molecule has 5 aromatic rings. The van der Waals surface area contributed by atoms with Crippen molar-refractivity contribution in [2.75, 3.05) is 4.90 Å². The summed E-state index contributed by atoms with van der Waals surface area (Å²) in [5.74, 6) is 3.20. The van der Waals surface area contributed by atoms with Gasteiger partial charge in [0.2, 0.25) is 0 Å². The molecule has 5 aromatic carbocycles. The fourth-order valence-electron chi connectivity index (χ4n) is 14.1. The maximum Gasteiger partial charge on any atom is 0.0502 e. The summed E-state index contributed by atoms with van der Waals surface area (Å²) in [6, 6.07) is 41.1. The Morgan fingerprint density at radius 2 is 1.00 bits per heavy atom. The predicted octanol–water partition coefficient (Wildman–Crippen LogP) is 15.7. The second kappa shape index (κ2) is 12.6. The van der Waals surface area contributed by atoms with Crippen LogP contribution in [0.3, 0.4) is 0 Å². The molecule has 4 bridgehead atoms. The lowest BCUT2D eigenvalue weighted by Crippen LogP contribution is -2.57. The highest BCUT2D eigenvalue weighted by molar-refractivity contribution is 7.99. The van der Waals surface area contributed by atoms with Gasteiger partial charge in [-0.2, -0.15) is 0 Å². The Hall–Kier alpha value is -3.75. The maximum atomic E-state index is 2.78. The topological polar surface area (TPSA) is 3.24 Å². The smallest absolute Gasteiger partial charge is 0.0502 e. The van der Waals surface area contributed by atoms with Crippen molar-refractivity contribution in [3.8, 4) is 11.1 Å². The number of fused-ring (bicyclic) bond motifs is 4. The average molecular weight is 782 g/mol. The minimum Gasteiger partial charge on any atom is -0.310 e. The van der Waals surface area contributed by atoms with Gasteiger partial charge in [-0.25, -0.2) is 0 Å². The Morgan fingerprint density at radius 3 is 1.57 bits per heavy atom. The van der Waals surface area contributed by atoms with Gasteiger partial charge in [-0.05, 0) is 184 Å². The van der Waals surface area contributed by atoms with E-state index in [9.17, 15) is 0 Å². The summed E-state index contributed by atoms with van der Waals surface area (Å²) in [6.45, 7) is 20.0. The lowest BCUT2D eigenvalue weighted by Gasteiger charge is -2.63. The Morgan fingerprint density at radius 1 is 0.448 bits per heavy atom. The first-order valence-electron chi connectivity index (χ1n) is 22.8. The van der Waals surface area contributed by atoms with E-state index in [1.54, 1.807) is 22.3 Å². The lowest BCUT2D eigenvalue weighted by atomic mass is 9.42. The molecule has 12 rings (SSSR count). The number of hydrogen-bond acceptors (Lipinski definition) is 2. The molecule has 58 heavy (non-hydrogen) atoms. The third kappa shape index (κ3) is 5.34. The van der Waals surface area contributed by atoms with Crippen LogP contribution >= 0.6 is 11.8 Å². The van der Waals surface area contributed by atoms with Gasteiger partial charge in [0.05, 0.1) is 11.4 Å². The summed E-state index contributed by atoms with van der Waals surface area (Å²) in [6.07, 6.45) is 11.8. The largest absolute Gasteiger partial charge is 0.310 e. The first kappa shape index (κ1) is 37.3. The standard InChI is InChI=1S/C56H63NS/c1-52(2)24-26-54(5,6)50-43(52)16-12-18-46(50)57(47-19-13-17-44-51(47)55(7,8)27-25-53(44,3)4)41-21-23-48-45(34-41)56(39-29-35-28-36(31-39)32-40(56)30-35)42-22-20-38(33-49(42)58-48)37-14-10-9-11-15-37/h9-23,33-36,39-40H,24-32H2,1-8H3. The van der Waals surface area contributed by atoms with E-state index in [4.69, 9.17) is 0 Å². The summed E-state index contributed by atoms with van der Waals surface area (Å²) >= 11 is 2.05. The molecule has 0 amide bonds. The minimum atomic E-state index is 0.0506. The van der Waals surface area contributed by atoms with E-state index >= 15 is 0 Å². The fraction of sp³-hybridized carbons (Fsp3) is 0.464. The van der Waals surface area contributed by atoms with Crippen LogP contribution in [-0.2, 0) is 27.1 Å². The Balaban J connectivity index is 1.18.